The normalized spacial score (nSPS) is 27.4. The summed E-state index contributed by atoms with van der Waals surface area (Å²) in [6.45, 7) is 1.94. The third-order valence-electron chi connectivity index (χ3n) is 6.04. The molecule has 0 radical (unpaired) electrons. The SMILES string of the molecule is Cc1ccc(C(=O)Oc2cccc(N3C(=O)[C@H]4[C@H](C3=O)[C@H]3C=C[C@H]4C3)c2)cc1. The fourth-order valence-corrected chi connectivity index (χ4v) is 4.70. The van der Waals surface area contributed by atoms with Crippen LogP contribution >= 0.6 is 0 Å². The topological polar surface area (TPSA) is 63.7 Å². The molecule has 2 aromatic rings. The van der Waals surface area contributed by atoms with Gasteiger partial charge in [-0.05, 0) is 49.4 Å². The van der Waals surface area contributed by atoms with Gasteiger partial charge in [0.15, 0.2) is 0 Å². The van der Waals surface area contributed by atoms with Gasteiger partial charge in [-0.25, -0.2) is 9.69 Å². The van der Waals surface area contributed by atoms with Crippen molar-refractivity contribution in [1.29, 1.82) is 0 Å². The van der Waals surface area contributed by atoms with E-state index in [1.54, 1.807) is 36.4 Å². The highest BCUT2D eigenvalue weighted by Gasteiger charge is 2.59. The molecule has 2 bridgehead atoms. The van der Waals surface area contributed by atoms with Crippen molar-refractivity contribution in [2.45, 2.75) is 13.3 Å². The van der Waals surface area contributed by atoms with Crippen molar-refractivity contribution in [3.05, 3.63) is 71.8 Å². The minimum Gasteiger partial charge on any atom is -0.423 e. The van der Waals surface area contributed by atoms with Crippen LogP contribution in [-0.2, 0) is 9.59 Å². The quantitative estimate of drug-likeness (QED) is 0.357. The Morgan fingerprint density at radius 2 is 1.61 bits per heavy atom. The number of hydrogen-bond donors (Lipinski definition) is 0. The first kappa shape index (κ1) is 16.9. The van der Waals surface area contributed by atoms with E-state index in [0.29, 0.717) is 17.0 Å². The van der Waals surface area contributed by atoms with E-state index in [9.17, 15) is 14.4 Å². The number of fused-ring (bicyclic) bond motifs is 5. The van der Waals surface area contributed by atoms with E-state index in [-0.39, 0.29) is 35.5 Å². The van der Waals surface area contributed by atoms with Crippen LogP contribution in [0.5, 0.6) is 5.75 Å². The van der Waals surface area contributed by atoms with Gasteiger partial charge in [0.05, 0.1) is 23.1 Å². The maximum absolute atomic E-state index is 12.9. The molecule has 0 aromatic heterocycles. The first-order valence-electron chi connectivity index (χ1n) is 9.48. The number of hydrogen-bond acceptors (Lipinski definition) is 4. The molecule has 28 heavy (non-hydrogen) atoms. The highest BCUT2D eigenvalue weighted by Crippen LogP contribution is 2.53. The molecule has 2 fully saturated rings. The predicted molar refractivity (Wildman–Crippen MR) is 103 cm³/mol. The Bertz CT molecular complexity index is 993. The van der Waals surface area contributed by atoms with E-state index in [0.717, 1.165) is 12.0 Å². The molecule has 140 valence electrons. The predicted octanol–water partition coefficient (Wildman–Crippen LogP) is 3.53. The average Bonchev–Trinajstić information content (AvgIpc) is 3.36. The van der Waals surface area contributed by atoms with Crippen molar-refractivity contribution < 1.29 is 19.1 Å². The molecular weight excluding hydrogens is 354 g/mol. The number of imide groups is 1. The van der Waals surface area contributed by atoms with Crippen LogP contribution in [-0.4, -0.2) is 17.8 Å². The molecule has 2 aliphatic carbocycles. The largest absolute Gasteiger partial charge is 0.423 e. The Balaban J connectivity index is 1.39. The van der Waals surface area contributed by atoms with Gasteiger partial charge < -0.3 is 4.74 Å². The third kappa shape index (κ3) is 2.50. The minimum atomic E-state index is -0.477. The van der Waals surface area contributed by atoms with Crippen molar-refractivity contribution in [3.63, 3.8) is 0 Å². The zero-order valence-corrected chi connectivity index (χ0v) is 15.4. The second kappa shape index (κ2) is 6.16. The first-order valence-corrected chi connectivity index (χ1v) is 9.48. The van der Waals surface area contributed by atoms with Crippen LogP contribution in [0.4, 0.5) is 5.69 Å². The maximum Gasteiger partial charge on any atom is 0.343 e. The zero-order chi connectivity index (χ0) is 19.4. The Kier molecular flexibility index (Phi) is 3.72. The summed E-state index contributed by atoms with van der Waals surface area (Å²) >= 11 is 0. The molecule has 5 rings (SSSR count). The number of amides is 2. The molecule has 1 saturated carbocycles. The lowest BCUT2D eigenvalue weighted by Gasteiger charge is -2.18. The second-order valence-corrected chi connectivity index (χ2v) is 7.76. The Labute approximate surface area is 162 Å². The lowest BCUT2D eigenvalue weighted by molar-refractivity contribution is -0.123. The number of esters is 1. The van der Waals surface area contributed by atoms with Crippen LogP contribution in [0, 0.1) is 30.6 Å². The zero-order valence-electron chi connectivity index (χ0n) is 15.4. The molecule has 1 saturated heterocycles. The van der Waals surface area contributed by atoms with Gasteiger partial charge >= 0.3 is 5.97 Å². The monoisotopic (exact) mass is 373 g/mol. The van der Waals surface area contributed by atoms with Crippen molar-refractivity contribution in [2.75, 3.05) is 4.90 Å². The molecule has 0 spiro atoms. The lowest BCUT2D eigenvalue weighted by atomic mass is 9.85. The smallest absolute Gasteiger partial charge is 0.343 e. The molecule has 3 aliphatic rings. The molecule has 0 N–H and O–H groups in total. The number of allylic oxidation sites excluding steroid dienone is 2. The van der Waals surface area contributed by atoms with Crippen LogP contribution in [0.15, 0.2) is 60.7 Å². The number of anilines is 1. The summed E-state index contributed by atoms with van der Waals surface area (Å²) in [6, 6.07) is 13.7. The fourth-order valence-electron chi connectivity index (χ4n) is 4.70. The van der Waals surface area contributed by atoms with Gasteiger partial charge in [-0.2, -0.15) is 0 Å². The lowest BCUT2D eigenvalue weighted by Crippen LogP contribution is -2.32. The van der Waals surface area contributed by atoms with E-state index in [1.807, 2.05) is 19.1 Å². The number of rotatable bonds is 3. The standard InChI is InChI=1S/C23H19NO4/c1-13-5-7-14(8-6-13)23(27)28-18-4-2-3-17(12-18)24-21(25)19-15-9-10-16(11-15)20(19)22(24)26/h2-10,12,15-16,19-20H,11H2,1H3/t15-,16-,19+,20+/m0/s1. The van der Waals surface area contributed by atoms with Gasteiger partial charge in [0, 0.05) is 6.07 Å². The van der Waals surface area contributed by atoms with Crippen LogP contribution in [0.3, 0.4) is 0 Å². The van der Waals surface area contributed by atoms with Crippen molar-refractivity contribution >= 4 is 23.5 Å². The summed E-state index contributed by atoms with van der Waals surface area (Å²) in [7, 11) is 0. The van der Waals surface area contributed by atoms with E-state index < -0.39 is 5.97 Å². The Hall–Kier alpha value is -3.21. The minimum absolute atomic E-state index is 0.145. The average molecular weight is 373 g/mol. The highest BCUT2D eigenvalue weighted by molar-refractivity contribution is 6.22. The van der Waals surface area contributed by atoms with E-state index in [1.165, 1.54) is 4.90 Å². The summed E-state index contributed by atoms with van der Waals surface area (Å²) < 4.78 is 5.46. The molecule has 0 unspecified atom stereocenters. The summed E-state index contributed by atoms with van der Waals surface area (Å²) in [5.41, 5.74) is 1.96. The summed E-state index contributed by atoms with van der Waals surface area (Å²) in [4.78, 5) is 39.5. The Morgan fingerprint density at radius 1 is 0.964 bits per heavy atom. The number of nitrogens with zero attached hydrogens (tertiary/aromatic N) is 1. The molecule has 5 nitrogen and oxygen atoms in total. The first-order chi connectivity index (χ1) is 13.5. The second-order valence-electron chi connectivity index (χ2n) is 7.76. The van der Waals surface area contributed by atoms with Crippen molar-refractivity contribution in [2.24, 2.45) is 23.7 Å². The van der Waals surface area contributed by atoms with Gasteiger partial charge in [-0.1, -0.05) is 35.9 Å². The van der Waals surface area contributed by atoms with Crippen LogP contribution < -0.4 is 9.64 Å². The summed E-state index contributed by atoms with van der Waals surface area (Å²) in [5.74, 6) is -0.625. The van der Waals surface area contributed by atoms with Gasteiger partial charge in [0.1, 0.15) is 5.75 Å². The van der Waals surface area contributed by atoms with Crippen molar-refractivity contribution in [3.8, 4) is 5.75 Å². The van der Waals surface area contributed by atoms with E-state index in [2.05, 4.69) is 12.2 Å². The molecule has 1 heterocycles. The van der Waals surface area contributed by atoms with E-state index >= 15 is 0 Å². The number of ether oxygens (including phenoxy) is 1. The molecule has 4 atom stereocenters. The highest BCUT2D eigenvalue weighted by atomic mass is 16.5. The maximum atomic E-state index is 12.9. The van der Waals surface area contributed by atoms with Gasteiger partial charge in [0.25, 0.3) is 0 Å². The Morgan fingerprint density at radius 3 is 2.25 bits per heavy atom. The van der Waals surface area contributed by atoms with Crippen LogP contribution in [0.25, 0.3) is 0 Å². The summed E-state index contributed by atoms with van der Waals surface area (Å²) in [6.07, 6.45) is 5.04. The van der Waals surface area contributed by atoms with Crippen LogP contribution in [0.1, 0.15) is 22.3 Å². The fraction of sp³-hybridized carbons (Fsp3) is 0.261. The van der Waals surface area contributed by atoms with Gasteiger partial charge in [0.2, 0.25) is 11.8 Å². The summed E-state index contributed by atoms with van der Waals surface area (Å²) in [5, 5.41) is 0. The molecule has 5 heteroatoms. The molecular formula is C23H19NO4. The number of benzene rings is 2. The molecule has 1 aliphatic heterocycles. The van der Waals surface area contributed by atoms with Gasteiger partial charge in [-0.3, -0.25) is 9.59 Å². The number of aryl methyl sites for hydroxylation is 1. The molecule has 2 amide bonds. The van der Waals surface area contributed by atoms with Gasteiger partial charge in [-0.15, -0.1) is 0 Å². The van der Waals surface area contributed by atoms with E-state index in [4.69, 9.17) is 4.74 Å². The number of carbonyl (C=O) groups excluding carboxylic acids is 3. The number of carbonyl (C=O) groups is 3. The van der Waals surface area contributed by atoms with Crippen molar-refractivity contribution in [1.82, 2.24) is 0 Å². The van der Waals surface area contributed by atoms with Crippen LogP contribution in [0.2, 0.25) is 0 Å². The third-order valence-corrected chi connectivity index (χ3v) is 6.04. The molecule has 2 aromatic carbocycles.